The minimum atomic E-state index is 1.07. The molecule has 0 saturated heterocycles. The standard InChI is InChI=1S/C13H15N/c1-10-3-6-12(7-4-10)13-8-5-11(2)9-14-13/h3-4,6-7,9H,5,8H2,1-2H3. The molecule has 0 aliphatic carbocycles. The van der Waals surface area contributed by atoms with Gasteiger partial charge in [0.2, 0.25) is 0 Å². The van der Waals surface area contributed by atoms with Crippen molar-refractivity contribution in [1.82, 2.24) is 0 Å². The van der Waals surface area contributed by atoms with E-state index in [-0.39, 0.29) is 0 Å². The molecule has 14 heavy (non-hydrogen) atoms. The summed E-state index contributed by atoms with van der Waals surface area (Å²) in [5.74, 6) is 0. The minimum absolute atomic E-state index is 1.07. The van der Waals surface area contributed by atoms with Gasteiger partial charge in [-0.25, -0.2) is 0 Å². The highest BCUT2D eigenvalue weighted by atomic mass is 14.7. The number of hydrogen-bond acceptors (Lipinski definition) is 1. The monoisotopic (exact) mass is 185 g/mol. The lowest BCUT2D eigenvalue weighted by atomic mass is 10.0. The van der Waals surface area contributed by atoms with Crippen molar-refractivity contribution in [2.45, 2.75) is 26.7 Å². The van der Waals surface area contributed by atoms with E-state index in [0.717, 1.165) is 12.8 Å². The van der Waals surface area contributed by atoms with E-state index in [9.17, 15) is 0 Å². The zero-order valence-electron chi connectivity index (χ0n) is 8.75. The molecule has 0 saturated carbocycles. The highest BCUT2D eigenvalue weighted by Gasteiger charge is 2.06. The van der Waals surface area contributed by atoms with E-state index in [1.165, 1.54) is 22.4 Å². The smallest absolute Gasteiger partial charge is 0.0479 e. The Labute approximate surface area is 85.2 Å². The van der Waals surface area contributed by atoms with E-state index in [4.69, 9.17) is 0 Å². The van der Waals surface area contributed by atoms with Crippen LogP contribution in [0.4, 0.5) is 0 Å². The van der Waals surface area contributed by atoms with E-state index < -0.39 is 0 Å². The Morgan fingerprint density at radius 1 is 1.00 bits per heavy atom. The average molecular weight is 185 g/mol. The van der Waals surface area contributed by atoms with Crippen LogP contribution in [0.3, 0.4) is 0 Å². The van der Waals surface area contributed by atoms with Gasteiger partial charge in [-0.3, -0.25) is 4.99 Å². The summed E-state index contributed by atoms with van der Waals surface area (Å²) in [5, 5.41) is 0. The molecule has 1 heteroatoms. The molecule has 1 aromatic rings. The molecule has 1 heterocycles. The number of benzene rings is 1. The van der Waals surface area contributed by atoms with E-state index in [2.05, 4.69) is 43.1 Å². The first-order chi connectivity index (χ1) is 6.75. The largest absolute Gasteiger partial charge is 0.261 e. The third kappa shape index (κ3) is 1.92. The van der Waals surface area contributed by atoms with Gasteiger partial charge >= 0.3 is 0 Å². The van der Waals surface area contributed by atoms with Gasteiger partial charge in [-0.2, -0.15) is 0 Å². The van der Waals surface area contributed by atoms with Gasteiger partial charge in [-0.15, -0.1) is 0 Å². The zero-order chi connectivity index (χ0) is 9.97. The van der Waals surface area contributed by atoms with Crippen LogP contribution in [0, 0.1) is 6.92 Å². The van der Waals surface area contributed by atoms with Crippen molar-refractivity contribution in [3.05, 3.63) is 47.2 Å². The fourth-order valence-electron chi connectivity index (χ4n) is 1.60. The molecule has 0 N–H and O–H groups in total. The molecule has 0 unspecified atom stereocenters. The Morgan fingerprint density at radius 3 is 2.29 bits per heavy atom. The van der Waals surface area contributed by atoms with Gasteiger partial charge in [0.1, 0.15) is 0 Å². The van der Waals surface area contributed by atoms with Gasteiger partial charge in [-0.05, 0) is 32.3 Å². The lowest BCUT2D eigenvalue weighted by Crippen LogP contribution is -2.04. The molecule has 1 aliphatic rings. The van der Waals surface area contributed by atoms with Crippen LogP contribution in [0.2, 0.25) is 0 Å². The van der Waals surface area contributed by atoms with Crippen LogP contribution < -0.4 is 0 Å². The van der Waals surface area contributed by atoms with Gasteiger partial charge < -0.3 is 0 Å². The normalized spacial score (nSPS) is 16.1. The van der Waals surface area contributed by atoms with Crippen LogP contribution in [0.25, 0.3) is 0 Å². The molecule has 1 aromatic carbocycles. The molecule has 0 amide bonds. The van der Waals surface area contributed by atoms with E-state index in [1.54, 1.807) is 0 Å². The van der Waals surface area contributed by atoms with Crippen molar-refractivity contribution in [2.75, 3.05) is 0 Å². The van der Waals surface area contributed by atoms with Gasteiger partial charge in [0.05, 0.1) is 0 Å². The Kier molecular flexibility index (Phi) is 2.49. The van der Waals surface area contributed by atoms with Crippen molar-refractivity contribution in [1.29, 1.82) is 0 Å². The van der Waals surface area contributed by atoms with Crippen LogP contribution in [-0.4, -0.2) is 5.71 Å². The molecular formula is C13H15N. The molecule has 1 nitrogen and oxygen atoms in total. The maximum absolute atomic E-state index is 4.46. The number of allylic oxidation sites excluding steroid dienone is 1. The van der Waals surface area contributed by atoms with Crippen molar-refractivity contribution in [3.63, 3.8) is 0 Å². The molecule has 0 fully saturated rings. The van der Waals surface area contributed by atoms with Crippen molar-refractivity contribution < 1.29 is 0 Å². The molecule has 1 aliphatic heterocycles. The molecule has 72 valence electrons. The van der Waals surface area contributed by atoms with Crippen LogP contribution in [-0.2, 0) is 0 Å². The average Bonchev–Trinajstić information content (AvgIpc) is 2.21. The summed E-state index contributed by atoms with van der Waals surface area (Å²) in [6, 6.07) is 8.59. The van der Waals surface area contributed by atoms with Crippen LogP contribution in [0.1, 0.15) is 30.9 Å². The molecule has 0 atom stereocenters. The highest BCUT2D eigenvalue weighted by Crippen LogP contribution is 2.16. The quantitative estimate of drug-likeness (QED) is 0.635. The lowest BCUT2D eigenvalue weighted by molar-refractivity contribution is 0.976. The van der Waals surface area contributed by atoms with E-state index in [1.807, 2.05) is 6.20 Å². The number of aliphatic imine (C=N–C) groups is 1. The first kappa shape index (κ1) is 9.20. The number of hydrogen-bond donors (Lipinski definition) is 0. The Bertz CT molecular complexity index is 382. The molecule has 0 bridgehead atoms. The minimum Gasteiger partial charge on any atom is -0.261 e. The van der Waals surface area contributed by atoms with Gasteiger partial charge in [-0.1, -0.05) is 35.4 Å². The number of nitrogens with zero attached hydrogens (tertiary/aromatic N) is 1. The van der Waals surface area contributed by atoms with Crippen molar-refractivity contribution in [2.24, 2.45) is 4.99 Å². The van der Waals surface area contributed by atoms with Gasteiger partial charge in [0.15, 0.2) is 0 Å². The maximum atomic E-state index is 4.46. The number of aryl methyl sites for hydroxylation is 1. The Morgan fingerprint density at radius 2 is 1.71 bits per heavy atom. The summed E-state index contributed by atoms with van der Waals surface area (Å²) >= 11 is 0. The Hall–Kier alpha value is -1.37. The van der Waals surface area contributed by atoms with Crippen LogP contribution in [0.5, 0.6) is 0 Å². The van der Waals surface area contributed by atoms with Gasteiger partial charge in [0.25, 0.3) is 0 Å². The summed E-state index contributed by atoms with van der Waals surface area (Å²) in [4.78, 5) is 4.46. The lowest BCUT2D eigenvalue weighted by Gasteiger charge is -2.10. The third-order valence-electron chi connectivity index (χ3n) is 2.58. The number of rotatable bonds is 1. The fraction of sp³-hybridized carbons (Fsp3) is 0.308. The summed E-state index contributed by atoms with van der Waals surface area (Å²) < 4.78 is 0. The molecule has 0 radical (unpaired) electrons. The predicted molar refractivity (Wildman–Crippen MR) is 60.7 cm³/mol. The van der Waals surface area contributed by atoms with E-state index in [0.29, 0.717) is 0 Å². The maximum Gasteiger partial charge on any atom is 0.0479 e. The van der Waals surface area contributed by atoms with Crippen molar-refractivity contribution >= 4 is 5.71 Å². The first-order valence-corrected chi connectivity index (χ1v) is 5.05. The predicted octanol–water partition coefficient (Wildman–Crippen LogP) is 3.48. The summed E-state index contributed by atoms with van der Waals surface area (Å²) in [6.45, 7) is 4.24. The second-order valence-corrected chi connectivity index (χ2v) is 3.92. The second-order valence-electron chi connectivity index (χ2n) is 3.92. The highest BCUT2D eigenvalue weighted by molar-refractivity contribution is 6.01. The van der Waals surface area contributed by atoms with Crippen LogP contribution in [0.15, 0.2) is 41.0 Å². The third-order valence-corrected chi connectivity index (χ3v) is 2.58. The first-order valence-electron chi connectivity index (χ1n) is 5.05. The SMILES string of the molecule is CC1=CN=C(c2ccc(C)cc2)CC1. The summed E-state index contributed by atoms with van der Waals surface area (Å²) in [7, 11) is 0. The van der Waals surface area contributed by atoms with Gasteiger partial charge in [0, 0.05) is 11.9 Å². The second kappa shape index (κ2) is 3.79. The molecule has 0 aromatic heterocycles. The molecule has 0 spiro atoms. The summed E-state index contributed by atoms with van der Waals surface area (Å²) in [6.07, 6.45) is 4.21. The van der Waals surface area contributed by atoms with Crippen LogP contribution >= 0.6 is 0 Å². The molecular weight excluding hydrogens is 170 g/mol. The zero-order valence-corrected chi connectivity index (χ0v) is 8.75. The Balaban J connectivity index is 2.28. The summed E-state index contributed by atoms with van der Waals surface area (Å²) in [5.41, 5.74) is 5.16. The molecule has 2 rings (SSSR count). The van der Waals surface area contributed by atoms with E-state index >= 15 is 0 Å². The fourth-order valence-corrected chi connectivity index (χ4v) is 1.60. The van der Waals surface area contributed by atoms with Crippen molar-refractivity contribution in [3.8, 4) is 0 Å². The topological polar surface area (TPSA) is 12.4 Å².